The van der Waals surface area contributed by atoms with E-state index in [1.165, 1.54) is 0 Å². The lowest BCUT2D eigenvalue weighted by Gasteiger charge is -2.36. The number of amides is 1. The van der Waals surface area contributed by atoms with Crippen molar-refractivity contribution in [3.8, 4) is 0 Å². The molecule has 0 bridgehead atoms. The highest BCUT2D eigenvalue weighted by atomic mass is 35.5. The molecule has 1 aliphatic rings. The fraction of sp³-hybridized carbons (Fsp3) is 0.389. The summed E-state index contributed by atoms with van der Waals surface area (Å²) in [6, 6.07) is 9.42. The molecule has 138 valence electrons. The minimum atomic E-state index is -0.0760. The van der Waals surface area contributed by atoms with E-state index in [4.69, 9.17) is 16.3 Å². The summed E-state index contributed by atoms with van der Waals surface area (Å²) in [4.78, 5) is 25.2. The van der Waals surface area contributed by atoms with E-state index >= 15 is 0 Å². The Bertz CT molecular complexity index is 750. The second kappa shape index (κ2) is 8.82. The number of rotatable bonds is 6. The molecule has 0 aliphatic carbocycles. The first-order valence-corrected chi connectivity index (χ1v) is 8.91. The molecule has 2 aromatic rings. The summed E-state index contributed by atoms with van der Waals surface area (Å²) in [5.41, 5.74) is 1.48. The number of nitrogens with one attached hydrogen (secondary N) is 1. The summed E-state index contributed by atoms with van der Waals surface area (Å²) in [6.07, 6.45) is 1.59. The zero-order valence-electron chi connectivity index (χ0n) is 14.7. The van der Waals surface area contributed by atoms with Gasteiger partial charge in [0.25, 0.3) is 5.91 Å². The SMILES string of the molecule is COCCNc1nccc(C(=O)N2CCN(c3cccc(Cl)c3)CC2)n1. The third-order valence-corrected chi connectivity index (χ3v) is 4.44. The summed E-state index contributed by atoms with van der Waals surface area (Å²) >= 11 is 6.06. The van der Waals surface area contributed by atoms with Crippen LogP contribution >= 0.6 is 11.6 Å². The van der Waals surface area contributed by atoms with Crippen molar-refractivity contribution in [1.29, 1.82) is 0 Å². The Kier molecular flexibility index (Phi) is 6.25. The van der Waals surface area contributed by atoms with Crippen LogP contribution in [0.5, 0.6) is 0 Å². The first kappa shape index (κ1) is 18.4. The van der Waals surface area contributed by atoms with Crippen LogP contribution in [0, 0.1) is 0 Å². The number of hydrogen-bond acceptors (Lipinski definition) is 6. The largest absolute Gasteiger partial charge is 0.383 e. The lowest BCUT2D eigenvalue weighted by molar-refractivity contribution is 0.0741. The van der Waals surface area contributed by atoms with Gasteiger partial charge in [-0.15, -0.1) is 0 Å². The first-order valence-electron chi connectivity index (χ1n) is 8.53. The van der Waals surface area contributed by atoms with Gasteiger partial charge in [0.15, 0.2) is 0 Å². The van der Waals surface area contributed by atoms with Gasteiger partial charge in [0, 0.05) is 56.7 Å². The Labute approximate surface area is 157 Å². The van der Waals surface area contributed by atoms with Gasteiger partial charge >= 0.3 is 0 Å². The van der Waals surface area contributed by atoms with Gasteiger partial charge in [-0.1, -0.05) is 17.7 Å². The Hall–Kier alpha value is -2.38. The standard InChI is InChI=1S/C18H22ClN5O2/c1-26-12-7-21-18-20-6-5-16(22-18)17(25)24-10-8-23(9-11-24)15-4-2-3-14(19)13-15/h2-6,13H,7-12H2,1H3,(H,20,21,22). The Morgan fingerprint density at radius 2 is 2.08 bits per heavy atom. The fourth-order valence-corrected chi connectivity index (χ4v) is 3.01. The van der Waals surface area contributed by atoms with E-state index in [1.54, 1.807) is 19.4 Å². The number of piperazine rings is 1. The van der Waals surface area contributed by atoms with Crippen molar-refractivity contribution in [3.05, 3.63) is 47.2 Å². The lowest BCUT2D eigenvalue weighted by atomic mass is 10.2. The van der Waals surface area contributed by atoms with Gasteiger partial charge in [-0.05, 0) is 24.3 Å². The molecule has 7 nitrogen and oxygen atoms in total. The lowest BCUT2D eigenvalue weighted by Crippen LogP contribution is -2.49. The third kappa shape index (κ3) is 4.62. The van der Waals surface area contributed by atoms with Crippen molar-refractivity contribution in [2.24, 2.45) is 0 Å². The molecular weight excluding hydrogens is 354 g/mol. The number of carbonyl (C=O) groups is 1. The monoisotopic (exact) mass is 375 g/mol. The fourth-order valence-electron chi connectivity index (χ4n) is 2.83. The molecule has 1 N–H and O–H groups in total. The highest BCUT2D eigenvalue weighted by molar-refractivity contribution is 6.30. The van der Waals surface area contributed by atoms with Crippen LogP contribution in [0.3, 0.4) is 0 Å². The van der Waals surface area contributed by atoms with Crippen molar-refractivity contribution < 1.29 is 9.53 Å². The van der Waals surface area contributed by atoms with Gasteiger partial charge in [0.2, 0.25) is 5.95 Å². The molecule has 0 radical (unpaired) electrons. The average Bonchev–Trinajstić information content (AvgIpc) is 2.68. The Morgan fingerprint density at radius 3 is 2.81 bits per heavy atom. The maximum atomic E-state index is 12.7. The zero-order valence-corrected chi connectivity index (χ0v) is 15.4. The summed E-state index contributed by atoms with van der Waals surface area (Å²) in [6.45, 7) is 3.94. The highest BCUT2D eigenvalue weighted by Crippen LogP contribution is 2.21. The van der Waals surface area contributed by atoms with Crippen LogP contribution in [0.15, 0.2) is 36.5 Å². The van der Waals surface area contributed by atoms with Gasteiger partial charge < -0.3 is 19.9 Å². The molecule has 1 aliphatic heterocycles. The van der Waals surface area contributed by atoms with E-state index in [-0.39, 0.29) is 5.91 Å². The summed E-state index contributed by atoms with van der Waals surface area (Å²) in [5, 5.41) is 3.76. The highest BCUT2D eigenvalue weighted by Gasteiger charge is 2.23. The molecule has 0 atom stereocenters. The first-order chi connectivity index (χ1) is 12.7. The number of anilines is 2. The molecule has 1 aromatic heterocycles. The zero-order chi connectivity index (χ0) is 18.4. The maximum Gasteiger partial charge on any atom is 0.272 e. The van der Waals surface area contributed by atoms with Crippen molar-refractivity contribution in [2.45, 2.75) is 0 Å². The predicted octanol–water partition coefficient (Wildman–Crippen LogP) is 2.15. The summed E-state index contributed by atoms with van der Waals surface area (Å²) < 4.78 is 4.98. The maximum absolute atomic E-state index is 12.7. The van der Waals surface area contributed by atoms with Crippen molar-refractivity contribution in [2.75, 3.05) is 56.7 Å². The quantitative estimate of drug-likeness (QED) is 0.780. The van der Waals surface area contributed by atoms with Gasteiger partial charge in [-0.25, -0.2) is 9.97 Å². The van der Waals surface area contributed by atoms with E-state index < -0.39 is 0 Å². The molecule has 26 heavy (non-hydrogen) atoms. The minimum Gasteiger partial charge on any atom is -0.383 e. The normalized spacial score (nSPS) is 14.4. The van der Waals surface area contributed by atoms with E-state index in [9.17, 15) is 4.79 Å². The smallest absolute Gasteiger partial charge is 0.272 e. The van der Waals surface area contributed by atoms with Gasteiger partial charge in [-0.3, -0.25) is 4.79 Å². The molecule has 0 spiro atoms. The van der Waals surface area contributed by atoms with Crippen LogP contribution in [-0.2, 0) is 4.74 Å². The molecule has 0 saturated carbocycles. The molecule has 3 rings (SSSR count). The molecule has 1 fully saturated rings. The molecule has 8 heteroatoms. The van der Waals surface area contributed by atoms with Crippen LogP contribution in [0.2, 0.25) is 5.02 Å². The second-order valence-electron chi connectivity index (χ2n) is 5.94. The van der Waals surface area contributed by atoms with Crippen LogP contribution in [0.1, 0.15) is 10.5 Å². The number of ether oxygens (including phenoxy) is 1. The number of halogens is 1. The molecule has 1 aromatic carbocycles. The number of benzene rings is 1. The third-order valence-electron chi connectivity index (χ3n) is 4.20. The Morgan fingerprint density at radius 1 is 1.27 bits per heavy atom. The summed E-state index contributed by atoms with van der Waals surface area (Å²) in [7, 11) is 1.63. The number of hydrogen-bond donors (Lipinski definition) is 1. The van der Waals surface area contributed by atoms with Crippen molar-refractivity contribution in [1.82, 2.24) is 14.9 Å². The minimum absolute atomic E-state index is 0.0760. The number of nitrogens with zero attached hydrogens (tertiary/aromatic N) is 4. The molecule has 1 amide bonds. The molecule has 1 saturated heterocycles. The van der Waals surface area contributed by atoms with E-state index in [0.717, 1.165) is 23.8 Å². The van der Waals surface area contributed by atoms with Gasteiger partial charge in [0.05, 0.1) is 6.61 Å². The Balaban J connectivity index is 1.59. The van der Waals surface area contributed by atoms with E-state index in [2.05, 4.69) is 20.2 Å². The second-order valence-corrected chi connectivity index (χ2v) is 6.38. The number of carbonyl (C=O) groups excluding carboxylic acids is 1. The van der Waals surface area contributed by atoms with Crippen LogP contribution < -0.4 is 10.2 Å². The molecule has 0 unspecified atom stereocenters. The van der Waals surface area contributed by atoms with Gasteiger partial charge in [-0.2, -0.15) is 0 Å². The average molecular weight is 376 g/mol. The summed E-state index contributed by atoms with van der Waals surface area (Å²) in [5.74, 6) is 0.360. The number of aromatic nitrogens is 2. The van der Waals surface area contributed by atoms with Crippen molar-refractivity contribution in [3.63, 3.8) is 0 Å². The van der Waals surface area contributed by atoms with Crippen LogP contribution in [0.25, 0.3) is 0 Å². The van der Waals surface area contributed by atoms with Crippen molar-refractivity contribution >= 4 is 29.1 Å². The topological polar surface area (TPSA) is 70.6 Å². The van der Waals surface area contributed by atoms with Gasteiger partial charge in [0.1, 0.15) is 5.69 Å². The van der Waals surface area contributed by atoms with Crippen LogP contribution in [-0.4, -0.2) is 67.2 Å². The number of methoxy groups -OCH3 is 1. The van der Waals surface area contributed by atoms with E-state index in [0.29, 0.717) is 37.9 Å². The van der Waals surface area contributed by atoms with E-state index in [1.807, 2.05) is 29.2 Å². The van der Waals surface area contributed by atoms with Crippen LogP contribution in [0.4, 0.5) is 11.6 Å². The molecular formula is C18H22ClN5O2. The predicted molar refractivity (Wildman–Crippen MR) is 102 cm³/mol. The molecule has 2 heterocycles.